The molecule has 0 amide bonds. The van der Waals surface area contributed by atoms with E-state index in [0.717, 1.165) is 18.5 Å². The summed E-state index contributed by atoms with van der Waals surface area (Å²) in [6.07, 6.45) is 3.40. The van der Waals surface area contributed by atoms with Crippen molar-refractivity contribution in [1.29, 1.82) is 0 Å². The third-order valence-corrected chi connectivity index (χ3v) is 2.59. The standard InChI is InChI=1S/C9H15N3O/c10-5-4-8(13)9-6-2-1-3-7(6)11-12-9/h8,13H,1-5,10H2,(H,11,12). The van der Waals surface area contributed by atoms with Crippen LogP contribution in [-0.4, -0.2) is 21.8 Å². The molecule has 2 rings (SSSR count). The summed E-state index contributed by atoms with van der Waals surface area (Å²) < 4.78 is 0. The summed E-state index contributed by atoms with van der Waals surface area (Å²) in [6, 6.07) is 0. The molecule has 13 heavy (non-hydrogen) atoms. The van der Waals surface area contributed by atoms with E-state index in [9.17, 15) is 5.11 Å². The summed E-state index contributed by atoms with van der Waals surface area (Å²) in [6.45, 7) is 0.503. The van der Waals surface area contributed by atoms with Crippen molar-refractivity contribution in [2.24, 2.45) is 5.73 Å². The fraction of sp³-hybridized carbons (Fsp3) is 0.667. The molecule has 1 atom stereocenters. The number of rotatable bonds is 3. The van der Waals surface area contributed by atoms with Crippen LogP contribution in [0, 0.1) is 0 Å². The maximum Gasteiger partial charge on any atom is 0.0993 e. The highest BCUT2D eigenvalue weighted by atomic mass is 16.3. The lowest BCUT2D eigenvalue weighted by Crippen LogP contribution is -2.08. The van der Waals surface area contributed by atoms with Crippen LogP contribution in [0.25, 0.3) is 0 Å². The average molecular weight is 181 g/mol. The van der Waals surface area contributed by atoms with E-state index in [1.165, 1.54) is 17.7 Å². The van der Waals surface area contributed by atoms with E-state index in [1.807, 2.05) is 0 Å². The largest absolute Gasteiger partial charge is 0.387 e. The van der Waals surface area contributed by atoms with E-state index < -0.39 is 6.10 Å². The van der Waals surface area contributed by atoms with Crippen LogP contribution in [0.4, 0.5) is 0 Å². The molecule has 0 saturated carbocycles. The number of aromatic amines is 1. The molecule has 1 aromatic rings. The van der Waals surface area contributed by atoms with Crippen molar-refractivity contribution in [2.75, 3.05) is 6.54 Å². The highest BCUT2D eigenvalue weighted by Crippen LogP contribution is 2.27. The Hall–Kier alpha value is -0.870. The first-order valence-electron chi connectivity index (χ1n) is 4.77. The number of aromatic nitrogens is 2. The molecule has 1 aliphatic rings. The van der Waals surface area contributed by atoms with Gasteiger partial charge in [0.25, 0.3) is 0 Å². The van der Waals surface area contributed by atoms with Crippen LogP contribution in [0.2, 0.25) is 0 Å². The smallest absolute Gasteiger partial charge is 0.0993 e. The number of H-pyrrole nitrogens is 1. The van der Waals surface area contributed by atoms with Gasteiger partial charge in [-0.15, -0.1) is 0 Å². The Bertz CT molecular complexity index is 295. The minimum atomic E-state index is -0.483. The molecule has 0 fully saturated rings. The third kappa shape index (κ3) is 1.47. The first-order chi connectivity index (χ1) is 6.33. The van der Waals surface area contributed by atoms with E-state index in [0.29, 0.717) is 13.0 Å². The van der Waals surface area contributed by atoms with Crippen molar-refractivity contribution in [3.63, 3.8) is 0 Å². The zero-order chi connectivity index (χ0) is 9.26. The van der Waals surface area contributed by atoms with E-state index >= 15 is 0 Å². The lowest BCUT2D eigenvalue weighted by molar-refractivity contribution is 0.164. The van der Waals surface area contributed by atoms with Gasteiger partial charge in [-0.3, -0.25) is 5.10 Å². The van der Waals surface area contributed by atoms with Crippen LogP contribution in [0.3, 0.4) is 0 Å². The average Bonchev–Trinajstić information content (AvgIpc) is 2.62. The molecule has 0 aliphatic heterocycles. The number of nitrogens with zero attached hydrogens (tertiary/aromatic N) is 1. The number of hydrogen-bond donors (Lipinski definition) is 3. The fourth-order valence-electron chi connectivity index (χ4n) is 1.92. The van der Waals surface area contributed by atoms with Crippen LogP contribution in [0.1, 0.15) is 35.9 Å². The summed E-state index contributed by atoms with van der Waals surface area (Å²) in [5.74, 6) is 0. The maximum absolute atomic E-state index is 9.71. The Morgan fingerprint density at radius 2 is 2.38 bits per heavy atom. The van der Waals surface area contributed by atoms with E-state index in [2.05, 4.69) is 10.2 Å². The van der Waals surface area contributed by atoms with Crippen LogP contribution in [0.15, 0.2) is 0 Å². The van der Waals surface area contributed by atoms with Gasteiger partial charge < -0.3 is 10.8 Å². The summed E-state index contributed by atoms with van der Waals surface area (Å²) in [5.41, 5.74) is 8.62. The molecule has 0 bridgehead atoms. The molecule has 0 radical (unpaired) electrons. The number of nitrogens with two attached hydrogens (primary N) is 1. The first-order valence-corrected chi connectivity index (χ1v) is 4.77. The van der Waals surface area contributed by atoms with Gasteiger partial charge in [0, 0.05) is 5.69 Å². The molecule has 1 heterocycles. The molecular weight excluding hydrogens is 166 g/mol. The molecule has 0 saturated heterocycles. The van der Waals surface area contributed by atoms with E-state index in [1.54, 1.807) is 0 Å². The van der Waals surface area contributed by atoms with Gasteiger partial charge in [-0.2, -0.15) is 5.10 Å². The van der Waals surface area contributed by atoms with Gasteiger partial charge in [0.05, 0.1) is 11.8 Å². The molecule has 72 valence electrons. The number of aryl methyl sites for hydroxylation is 1. The Morgan fingerprint density at radius 3 is 3.15 bits per heavy atom. The SMILES string of the molecule is NCCC(O)c1n[nH]c2c1CCC2. The quantitative estimate of drug-likeness (QED) is 0.627. The predicted molar refractivity (Wildman–Crippen MR) is 49.2 cm³/mol. The van der Waals surface area contributed by atoms with Gasteiger partial charge in [0.2, 0.25) is 0 Å². The van der Waals surface area contributed by atoms with E-state index in [4.69, 9.17) is 5.73 Å². The Balaban J connectivity index is 2.20. The van der Waals surface area contributed by atoms with Gasteiger partial charge >= 0.3 is 0 Å². The third-order valence-electron chi connectivity index (χ3n) is 2.59. The molecule has 1 unspecified atom stereocenters. The molecule has 0 aromatic carbocycles. The van der Waals surface area contributed by atoms with Gasteiger partial charge in [0.1, 0.15) is 0 Å². The Morgan fingerprint density at radius 1 is 1.54 bits per heavy atom. The van der Waals surface area contributed by atoms with Crippen molar-refractivity contribution in [3.8, 4) is 0 Å². The van der Waals surface area contributed by atoms with E-state index in [-0.39, 0.29) is 0 Å². The fourth-order valence-corrected chi connectivity index (χ4v) is 1.92. The van der Waals surface area contributed by atoms with Crippen molar-refractivity contribution in [1.82, 2.24) is 10.2 Å². The van der Waals surface area contributed by atoms with Crippen LogP contribution in [-0.2, 0) is 12.8 Å². The normalized spacial score (nSPS) is 17.4. The topological polar surface area (TPSA) is 74.9 Å². The number of fused-ring (bicyclic) bond motifs is 1. The maximum atomic E-state index is 9.71. The van der Waals surface area contributed by atoms with Crippen molar-refractivity contribution in [2.45, 2.75) is 31.8 Å². The highest BCUT2D eigenvalue weighted by molar-refractivity contribution is 5.30. The number of aliphatic hydroxyl groups is 1. The Labute approximate surface area is 77.1 Å². The summed E-state index contributed by atoms with van der Waals surface area (Å²) >= 11 is 0. The van der Waals surface area contributed by atoms with Gasteiger partial charge in [-0.25, -0.2) is 0 Å². The van der Waals surface area contributed by atoms with Gasteiger partial charge in [-0.05, 0) is 37.8 Å². The second kappa shape index (κ2) is 3.47. The summed E-state index contributed by atoms with van der Waals surface area (Å²) in [7, 11) is 0. The zero-order valence-electron chi connectivity index (χ0n) is 7.58. The van der Waals surface area contributed by atoms with Crippen molar-refractivity contribution in [3.05, 3.63) is 17.0 Å². The summed E-state index contributed by atoms with van der Waals surface area (Å²) in [4.78, 5) is 0. The lowest BCUT2D eigenvalue weighted by atomic mass is 10.1. The molecule has 4 heteroatoms. The van der Waals surface area contributed by atoms with Gasteiger partial charge in [0.15, 0.2) is 0 Å². The van der Waals surface area contributed by atoms with Crippen LogP contribution in [0.5, 0.6) is 0 Å². The first kappa shape index (κ1) is 8.72. The van der Waals surface area contributed by atoms with Crippen LogP contribution < -0.4 is 5.73 Å². The zero-order valence-corrected chi connectivity index (χ0v) is 7.58. The predicted octanol–water partition coefficient (Wildman–Crippen LogP) is 0.281. The van der Waals surface area contributed by atoms with Gasteiger partial charge in [-0.1, -0.05) is 0 Å². The molecule has 4 N–H and O–H groups in total. The van der Waals surface area contributed by atoms with Crippen molar-refractivity contribution >= 4 is 0 Å². The number of aliphatic hydroxyl groups excluding tert-OH is 1. The molecule has 0 spiro atoms. The summed E-state index contributed by atoms with van der Waals surface area (Å²) in [5, 5.41) is 16.8. The van der Waals surface area contributed by atoms with Crippen LogP contribution >= 0.6 is 0 Å². The monoisotopic (exact) mass is 181 g/mol. The molecule has 1 aromatic heterocycles. The second-order valence-corrected chi connectivity index (χ2v) is 3.51. The second-order valence-electron chi connectivity index (χ2n) is 3.51. The molecule has 1 aliphatic carbocycles. The molecule has 4 nitrogen and oxygen atoms in total. The van der Waals surface area contributed by atoms with Crippen molar-refractivity contribution < 1.29 is 5.11 Å². The lowest BCUT2D eigenvalue weighted by Gasteiger charge is -2.06. The number of hydrogen-bond acceptors (Lipinski definition) is 3. The highest BCUT2D eigenvalue weighted by Gasteiger charge is 2.22. The minimum absolute atomic E-state index is 0.483. The Kier molecular flexibility index (Phi) is 2.33. The molecular formula is C9H15N3O. The number of nitrogens with one attached hydrogen (secondary N) is 1. The minimum Gasteiger partial charge on any atom is -0.387 e.